The molecular weight excluding hydrogens is 304 g/mol. The van der Waals surface area contributed by atoms with E-state index in [-0.39, 0.29) is 17.7 Å². The van der Waals surface area contributed by atoms with E-state index in [1.165, 1.54) is 0 Å². The third-order valence-corrected chi connectivity index (χ3v) is 3.54. The molecule has 1 aromatic heterocycles. The van der Waals surface area contributed by atoms with Gasteiger partial charge in [-0.1, -0.05) is 44.2 Å². The largest absolute Gasteiger partial charge is 0.467 e. The number of rotatable bonds is 8. The summed E-state index contributed by atoms with van der Waals surface area (Å²) in [6.45, 7) is 4.25. The van der Waals surface area contributed by atoms with E-state index in [1.54, 1.807) is 18.4 Å². The van der Waals surface area contributed by atoms with E-state index in [0.717, 1.165) is 5.56 Å². The van der Waals surface area contributed by atoms with Crippen LogP contribution in [0.2, 0.25) is 0 Å². The Morgan fingerprint density at radius 2 is 1.83 bits per heavy atom. The van der Waals surface area contributed by atoms with E-state index in [9.17, 15) is 9.59 Å². The maximum Gasteiger partial charge on any atom is 0.243 e. The second kappa shape index (κ2) is 8.91. The van der Waals surface area contributed by atoms with Crippen molar-refractivity contribution in [3.63, 3.8) is 0 Å². The van der Waals surface area contributed by atoms with Crippen molar-refractivity contribution in [3.8, 4) is 0 Å². The van der Waals surface area contributed by atoms with Gasteiger partial charge in [0, 0.05) is 12.8 Å². The normalized spacial score (nSPS) is 12.0. The smallest absolute Gasteiger partial charge is 0.243 e. The van der Waals surface area contributed by atoms with Gasteiger partial charge in [0.2, 0.25) is 11.8 Å². The minimum atomic E-state index is -0.603. The summed E-state index contributed by atoms with van der Waals surface area (Å²) in [6, 6.07) is 12.6. The molecule has 2 amide bonds. The van der Waals surface area contributed by atoms with E-state index in [0.29, 0.717) is 25.1 Å². The van der Waals surface area contributed by atoms with E-state index in [4.69, 9.17) is 4.42 Å². The highest BCUT2D eigenvalue weighted by molar-refractivity contribution is 5.87. The first-order chi connectivity index (χ1) is 11.5. The predicted octanol–water partition coefficient (Wildman–Crippen LogP) is 2.67. The zero-order valence-electron chi connectivity index (χ0n) is 14.1. The van der Waals surface area contributed by atoms with Gasteiger partial charge in [0.05, 0.1) is 12.8 Å². The van der Waals surface area contributed by atoms with Crippen LogP contribution in [-0.4, -0.2) is 17.9 Å². The van der Waals surface area contributed by atoms with Gasteiger partial charge in [-0.15, -0.1) is 0 Å². The molecule has 2 aromatic rings. The van der Waals surface area contributed by atoms with Crippen molar-refractivity contribution in [2.24, 2.45) is 5.92 Å². The van der Waals surface area contributed by atoms with Gasteiger partial charge < -0.3 is 15.1 Å². The summed E-state index contributed by atoms with van der Waals surface area (Å²) in [4.78, 5) is 24.6. The molecule has 0 saturated carbocycles. The summed E-state index contributed by atoms with van der Waals surface area (Å²) in [6.07, 6.45) is 2.42. The van der Waals surface area contributed by atoms with Crippen molar-refractivity contribution in [2.45, 2.75) is 39.3 Å². The number of nitrogens with one attached hydrogen (secondary N) is 2. The molecule has 0 unspecified atom stereocenters. The van der Waals surface area contributed by atoms with Gasteiger partial charge in [0.25, 0.3) is 0 Å². The second-order valence-corrected chi connectivity index (χ2v) is 6.20. The highest BCUT2D eigenvalue weighted by Gasteiger charge is 2.21. The SMILES string of the molecule is CC(C)CC(=O)N[C@@H](Cc1ccccc1)C(=O)NCc1ccco1. The van der Waals surface area contributed by atoms with Crippen LogP contribution < -0.4 is 10.6 Å². The topological polar surface area (TPSA) is 71.3 Å². The molecule has 5 nitrogen and oxygen atoms in total. The molecule has 0 bridgehead atoms. The Morgan fingerprint density at radius 1 is 1.08 bits per heavy atom. The number of amides is 2. The molecule has 128 valence electrons. The van der Waals surface area contributed by atoms with Gasteiger partial charge in [-0.05, 0) is 23.6 Å². The minimum absolute atomic E-state index is 0.112. The van der Waals surface area contributed by atoms with Gasteiger partial charge in [-0.3, -0.25) is 9.59 Å². The molecule has 0 aliphatic carbocycles. The highest BCUT2D eigenvalue weighted by atomic mass is 16.3. The van der Waals surface area contributed by atoms with Crippen LogP contribution in [0.15, 0.2) is 53.1 Å². The van der Waals surface area contributed by atoms with Crippen LogP contribution in [0.1, 0.15) is 31.6 Å². The Kier molecular flexibility index (Phi) is 6.61. The average Bonchev–Trinajstić information content (AvgIpc) is 3.05. The average molecular weight is 328 g/mol. The molecule has 0 saturated heterocycles. The summed E-state index contributed by atoms with van der Waals surface area (Å²) in [5.41, 5.74) is 1.00. The molecule has 0 spiro atoms. The lowest BCUT2D eigenvalue weighted by Gasteiger charge is -2.19. The van der Waals surface area contributed by atoms with Crippen LogP contribution >= 0.6 is 0 Å². The summed E-state index contributed by atoms with van der Waals surface area (Å²) >= 11 is 0. The fourth-order valence-electron chi connectivity index (χ4n) is 2.39. The fourth-order valence-corrected chi connectivity index (χ4v) is 2.39. The molecule has 24 heavy (non-hydrogen) atoms. The zero-order valence-corrected chi connectivity index (χ0v) is 14.1. The lowest BCUT2D eigenvalue weighted by molar-refractivity contribution is -0.129. The molecule has 0 radical (unpaired) electrons. The number of carbonyl (C=O) groups is 2. The molecule has 5 heteroatoms. The van der Waals surface area contributed by atoms with Gasteiger partial charge in [-0.25, -0.2) is 0 Å². The molecule has 1 atom stereocenters. The van der Waals surface area contributed by atoms with E-state index < -0.39 is 6.04 Å². The molecule has 1 heterocycles. The maximum atomic E-state index is 12.5. The first-order valence-corrected chi connectivity index (χ1v) is 8.18. The third-order valence-electron chi connectivity index (χ3n) is 3.54. The zero-order chi connectivity index (χ0) is 17.4. The highest BCUT2D eigenvalue weighted by Crippen LogP contribution is 2.06. The molecule has 1 aromatic carbocycles. The quantitative estimate of drug-likeness (QED) is 0.782. The number of carbonyl (C=O) groups excluding carboxylic acids is 2. The summed E-state index contributed by atoms with van der Waals surface area (Å²) in [5.74, 6) is 0.593. The van der Waals surface area contributed by atoms with Crippen molar-refractivity contribution < 1.29 is 14.0 Å². The van der Waals surface area contributed by atoms with Crippen molar-refractivity contribution in [2.75, 3.05) is 0 Å². The molecule has 0 aliphatic heterocycles. The van der Waals surface area contributed by atoms with Crippen molar-refractivity contribution in [1.82, 2.24) is 10.6 Å². The van der Waals surface area contributed by atoms with Gasteiger partial charge >= 0.3 is 0 Å². The summed E-state index contributed by atoms with van der Waals surface area (Å²) in [5, 5.41) is 5.66. The maximum absolute atomic E-state index is 12.5. The Balaban J connectivity index is 2.00. The lowest BCUT2D eigenvalue weighted by atomic mass is 10.0. The van der Waals surface area contributed by atoms with Crippen LogP contribution in [0, 0.1) is 5.92 Å². The first kappa shape index (κ1) is 17.8. The molecule has 2 N–H and O–H groups in total. The molecule has 0 aliphatic rings. The minimum Gasteiger partial charge on any atom is -0.467 e. The van der Waals surface area contributed by atoms with Gasteiger partial charge in [0.1, 0.15) is 11.8 Å². The standard InChI is InChI=1S/C19H24N2O3/c1-14(2)11-18(22)21-17(12-15-7-4-3-5-8-15)19(23)20-13-16-9-6-10-24-16/h3-10,14,17H,11-13H2,1-2H3,(H,20,23)(H,21,22)/t17-/m0/s1. The Morgan fingerprint density at radius 3 is 2.46 bits per heavy atom. The third kappa shape index (κ3) is 5.91. The number of hydrogen-bond donors (Lipinski definition) is 2. The lowest BCUT2D eigenvalue weighted by Crippen LogP contribution is -2.48. The van der Waals surface area contributed by atoms with Gasteiger partial charge in [0.15, 0.2) is 0 Å². The monoisotopic (exact) mass is 328 g/mol. The predicted molar refractivity (Wildman–Crippen MR) is 92.1 cm³/mol. The number of benzene rings is 1. The first-order valence-electron chi connectivity index (χ1n) is 8.18. The van der Waals surface area contributed by atoms with Crippen molar-refractivity contribution in [1.29, 1.82) is 0 Å². The molecular formula is C19H24N2O3. The van der Waals surface area contributed by atoms with Crippen LogP contribution in [0.4, 0.5) is 0 Å². The molecule has 2 rings (SSSR count). The second-order valence-electron chi connectivity index (χ2n) is 6.20. The van der Waals surface area contributed by atoms with E-state index in [2.05, 4.69) is 10.6 Å². The van der Waals surface area contributed by atoms with Crippen LogP contribution in [0.25, 0.3) is 0 Å². The molecule has 0 fully saturated rings. The Labute approximate surface area is 142 Å². The summed E-state index contributed by atoms with van der Waals surface area (Å²) < 4.78 is 5.21. The van der Waals surface area contributed by atoms with Crippen LogP contribution in [0.5, 0.6) is 0 Å². The van der Waals surface area contributed by atoms with Crippen LogP contribution in [0.3, 0.4) is 0 Å². The summed E-state index contributed by atoms with van der Waals surface area (Å²) in [7, 11) is 0. The number of hydrogen-bond acceptors (Lipinski definition) is 3. The van der Waals surface area contributed by atoms with E-state index >= 15 is 0 Å². The Hall–Kier alpha value is -2.56. The van der Waals surface area contributed by atoms with Crippen molar-refractivity contribution in [3.05, 3.63) is 60.1 Å². The fraction of sp³-hybridized carbons (Fsp3) is 0.368. The Bertz CT molecular complexity index is 636. The van der Waals surface area contributed by atoms with Crippen molar-refractivity contribution >= 4 is 11.8 Å². The van der Waals surface area contributed by atoms with E-state index in [1.807, 2.05) is 44.2 Å². The van der Waals surface area contributed by atoms with Gasteiger partial charge in [-0.2, -0.15) is 0 Å². The number of furan rings is 1. The van der Waals surface area contributed by atoms with Crippen LogP contribution in [-0.2, 0) is 22.6 Å².